The maximum absolute atomic E-state index is 12.2. The van der Waals surface area contributed by atoms with Crippen LogP contribution >= 0.6 is 0 Å². The largest absolute Gasteiger partial charge is 0.454 e. The molecule has 2 amide bonds. The molecule has 2 heterocycles. The van der Waals surface area contributed by atoms with Gasteiger partial charge in [-0.2, -0.15) is 0 Å². The molecule has 4 rings (SSSR count). The smallest absolute Gasteiger partial charge is 0.251 e. The van der Waals surface area contributed by atoms with Gasteiger partial charge in [-0.3, -0.25) is 9.59 Å². The molecule has 6 nitrogen and oxygen atoms in total. The van der Waals surface area contributed by atoms with E-state index in [4.69, 9.17) is 9.47 Å². The van der Waals surface area contributed by atoms with Crippen LogP contribution in [-0.2, 0) is 11.2 Å². The Labute approximate surface area is 139 Å². The Bertz CT molecular complexity index is 818. The minimum absolute atomic E-state index is 0.0635. The van der Waals surface area contributed by atoms with Crippen molar-refractivity contribution >= 4 is 17.5 Å². The van der Waals surface area contributed by atoms with Crippen LogP contribution in [0.3, 0.4) is 0 Å². The molecule has 0 unspecified atom stereocenters. The summed E-state index contributed by atoms with van der Waals surface area (Å²) < 4.78 is 10.5. The molecule has 2 aromatic carbocycles. The maximum Gasteiger partial charge on any atom is 0.251 e. The van der Waals surface area contributed by atoms with Gasteiger partial charge in [-0.25, -0.2) is 0 Å². The molecule has 0 radical (unpaired) electrons. The lowest BCUT2D eigenvalue weighted by Crippen LogP contribution is -2.36. The third-order valence-electron chi connectivity index (χ3n) is 4.18. The van der Waals surface area contributed by atoms with Gasteiger partial charge in [0.15, 0.2) is 11.5 Å². The summed E-state index contributed by atoms with van der Waals surface area (Å²) in [7, 11) is 0. The standard InChI is InChI=1S/C18H16N2O4/c21-17-10-12-3-1-2-4-14(12)20(17)8-7-19-18(22)13-5-6-15-16(9-13)24-11-23-15/h1-6,9H,7-8,10-11H2,(H,19,22). The topological polar surface area (TPSA) is 67.9 Å². The monoisotopic (exact) mass is 324 g/mol. The summed E-state index contributed by atoms with van der Waals surface area (Å²) in [4.78, 5) is 26.0. The predicted octanol–water partition coefficient (Wildman–Crippen LogP) is 1.73. The van der Waals surface area contributed by atoms with E-state index in [1.807, 2.05) is 24.3 Å². The van der Waals surface area contributed by atoms with Crippen molar-refractivity contribution in [3.8, 4) is 11.5 Å². The molecule has 6 heteroatoms. The molecule has 2 aliphatic rings. The van der Waals surface area contributed by atoms with Crippen molar-refractivity contribution < 1.29 is 19.1 Å². The van der Waals surface area contributed by atoms with E-state index in [1.165, 1.54) is 0 Å². The van der Waals surface area contributed by atoms with E-state index in [1.54, 1.807) is 23.1 Å². The Morgan fingerprint density at radius 1 is 1.12 bits per heavy atom. The molecule has 0 aliphatic carbocycles. The number of amides is 2. The highest BCUT2D eigenvalue weighted by Gasteiger charge is 2.26. The highest BCUT2D eigenvalue weighted by Crippen LogP contribution is 2.32. The zero-order valence-corrected chi connectivity index (χ0v) is 13.0. The number of hydrogen-bond donors (Lipinski definition) is 1. The van der Waals surface area contributed by atoms with E-state index in [0.717, 1.165) is 11.3 Å². The number of nitrogens with one attached hydrogen (secondary N) is 1. The summed E-state index contributed by atoms with van der Waals surface area (Å²) in [6, 6.07) is 12.8. The number of rotatable bonds is 4. The first-order chi connectivity index (χ1) is 11.7. The van der Waals surface area contributed by atoms with E-state index in [2.05, 4.69) is 5.32 Å². The molecule has 0 atom stereocenters. The van der Waals surface area contributed by atoms with Gasteiger partial charge in [0.05, 0.1) is 6.42 Å². The Kier molecular flexibility index (Phi) is 3.57. The minimum Gasteiger partial charge on any atom is -0.454 e. The first kappa shape index (κ1) is 14.6. The molecule has 0 saturated heterocycles. The SMILES string of the molecule is O=C(NCCN1C(=O)Cc2ccccc21)c1ccc2c(c1)OCO2. The number of carbonyl (C=O) groups excluding carboxylic acids is 2. The van der Waals surface area contributed by atoms with Crippen LogP contribution in [0.1, 0.15) is 15.9 Å². The van der Waals surface area contributed by atoms with Crippen molar-refractivity contribution in [2.45, 2.75) is 6.42 Å². The second-order valence-corrected chi connectivity index (χ2v) is 5.67. The first-order valence-corrected chi connectivity index (χ1v) is 7.78. The molecular weight excluding hydrogens is 308 g/mol. The van der Waals surface area contributed by atoms with Crippen LogP contribution in [0.4, 0.5) is 5.69 Å². The molecule has 0 fully saturated rings. The number of anilines is 1. The van der Waals surface area contributed by atoms with E-state index in [9.17, 15) is 9.59 Å². The lowest BCUT2D eigenvalue weighted by Gasteiger charge is -2.17. The van der Waals surface area contributed by atoms with Gasteiger partial charge < -0.3 is 19.7 Å². The first-order valence-electron chi connectivity index (χ1n) is 7.78. The molecule has 1 N–H and O–H groups in total. The third kappa shape index (κ3) is 2.56. The highest BCUT2D eigenvalue weighted by atomic mass is 16.7. The fourth-order valence-electron chi connectivity index (χ4n) is 2.98. The second-order valence-electron chi connectivity index (χ2n) is 5.67. The van der Waals surface area contributed by atoms with Crippen LogP contribution < -0.4 is 19.7 Å². The molecule has 0 aromatic heterocycles. The van der Waals surface area contributed by atoms with Crippen LogP contribution in [0, 0.1) is 0 Å². The van der Waals surface area contributed by atoms with Gasteiger partial charge in [0.1, 0.15) is 0 Å². The summed E-state index contributed by atoms with van der Waals surface area (Å²) in [5.74, 6) is 1.08. The summed E-state index contributed by atoms with van der Waals surface area (Å²) >= 11 is 0. The lowest BCUT2D eigenvalue weighted by atomic mass is 10.2. The fourth-order valence-corrected chi connectivity index (χ4v) is 2.98. The quantitative estimate of drug-likeness (QED) is 0.930. The van der Waals surface area contributed by atoms with E-state index >= 15 is 0 Å². The average Bonchev–Trinajstić information content (AvgIpc) is 3.18. The van der Waals surface area contributed by atoms with Crippen molar-refractivity contribution in [2.24, 2.45) is 0 Å². The Morgan fingerprint density at radius 2 is 1.96 bits per heavy atom. The predicted molar refractivity (Wildman–Crippen MR) is 87.4 cm³/mol. The maximum atomic E-state index is 12.2. The van der Waals surface area contributed by atoms with Gasteiger partial charge in [0.2, 0.25) is 12.7 Å². The van der Waals surface area contributed by atoms with Gasteiger partial charge in [-0.15, -0.1) is 0 Å². The van der Waals surface area contributed by atoms with Gasteiger partial charge in [-0.05, 0) is 29.8 Å². The summed E-state index contributed by atoms with van der Waals surface area (Å²) in [5.41, 5.74) is 2.47. The number of fused-ring (bicyclic) bond motifs is 2. The molecule has 122 valence electrons. The van der Waals surface area contributed by atoms with Gasteiger partial charge in [0.25, 0.3) is 5.91 Å². The summed E-state index contributed by atoms with van der Waals surface area (Å²) in [5, 5.41) is 2.84. The van der Waals surface area contributed by atoms with Crippen molar-refractivity contribution in [1.29, 1.82) is 0 Å². The zero-order chi connectivity index (χ0) is 16.5. The number of para-hydroxylation sites is 1. The normalized spacial score (nSPS) is 14.7. The molecule has 0 saturated carbocycles. The Balaban J connectivity index is 1.37. The third-order valence-corrected chi connectivity index (χ3v) is 4.18. The van der Waals surface area contributed by atoms with Crippen molar-refractivity contribution in [3.63, 3.8) is 0 Å². The fraction of sp³-hybridized carbons (Fsp3) is 0.222. The number of benzene rings is 2. The second kappa shape index (κ2) is 5.88. The average molecular weight is 324 g/mol. The summed E-state index contributed by atoms with van der Waals surface area (Å²) in [6.07, 6.45) is 0.423. The molecule has 2 aliphatic heterocycles. The lowest BCUT2D eigenvalue weighted by molar-refractivity contribution is -0.117. The van der Waals surface area contributed by atoms with Gasteiger partial charge in [-0.1, -0.05) is 18.2 Å². The van der Waals surface area contributed by atoms with Crippen LogP contribution in [0.15, 0.2) is 42.5 Å². The minimum atomic E-state index is -0.201. The van der Waals surface area contributed by atoms with Crippen LogP contribution in [0.25, 0.3) is 0 Å². The van der Waals surface area contributed by atoms with Crippen LogP contribution in [0.5, 0.6) is 11.5 Å². The van der Waals surface area contributed by atoms with E-state index in [-0.39, 0.29) is 18.6 Å². The van der Waals surface area contributed by atoms with Crippen molar-refractivity contribution in [3.05, 3.63) is 53.6 Å². The van der Waals surface area contributed by atoms with Gasteiger partial charge >= 0.3 is 0 Å². The Morgan fingerprint density at radius 3 is 2.88 bits per heavy atom. The molecule has 0 spiro atoms. The van der Waals surface area contributed by atoms with Gasteiger partial charge in [0, 0.05) is 24.3 Å². The number of hydrogen-bond acceptors (Lipinski definition) is 4. The van der Waals surface area contributed by atoms with Crippen LogP contribution in [0.2, 0.25) is 0 Å². The molecule has 2 aromatic rings. The van der Waals surface area contributed by atoms with E-state index in [0.29, 0.717) is 36.6 Å². The molecular formula is C18H16N2O4. The highest BCUT2D eigenvalue weighted by molar-refractivity contribution is 6.01. The van der Waals surface area contributed by atoms with E-state index < -0.39 is 0 Å². The molecule has 24 heavy (non-hydrogen) atoms. The number of ether oxygens (including phenoxy) is 2. The van der Waals surface area contributed by atoms with Crippen molar-refractivity contribution in [1.82, 2.24) is 5.32 Å². The number of nitrogens with zero attached hydrogens (tertiary/aromatic N) is 1. The van der Waals surface area contributed by atoms with Crippen LogP contribution in [-0.4, -0.2) is 31.7 Å². The summed E-state index contributed by atoms with van der Waals surface area (Å²) in [6.45, 7) is 1.01. The Hall–Kier alpha value is -3.02. The molecule has 0 bridgehead atoms. The number of carbonyl (C=O) groups is 2. The van der Waals surface area contributed by atoms with Crippen molar-refractivity contribution in [2.75, 3.05) is 24.8 Å². The zero-order valence-electron chi connectivity index (χ0n) is 13.0.